The van der Waals surface area contributed by atoms with Crippen LogP contribution in [0.25, 0.3) is 11.1 Å². The second kappa shape index (κ2) is 3.43. The van der Waals surface area contributed by atoms with Crippen LogP contribution < -0.4 is 5.73 Å². The first-order valence-corrected chi connectivity index (χ1v) is 5.30. The molecule has 2 heterocycles. The number of nitrogens with two attached hydrogens (primary N) is 1. The van der Waals surface area contributed by atoms with Gasteiger partial charge in [-0.2, -0.15) is 11.3 Å². The van der Waals surface area contributed by atoms with Crippen molar-refractivity contribution >= 4 is 33.2 Å². The molecular weight excluding hydrogens is 250 g/mol. The van der Waals surface area contributed by atoms with E-state index in [0.717, 1.165) is 15.6 Å². The normalized spacial score (nSPS) is 10.2. The molecule has 2 N–H and O–H groups in total. The first-order valence-electron chi connectivity index (χ1n) is 3.57. The van der Waals surface area contributed by atoms with Crippen molar-refractivity contribution in [1.29, 1.82) is 0 Å². The summed E-state index contributed by atoms with van der Waals surface area (Å²) < 4.78 is 1.06. The van der Waals surface area contributed by atoms with E-state index in [0.29, 0.717) is 5.95 Å². The topological polar surface area (TPSA) is 51.8 Å². The zero-order chi connectivity index (χ0) is 9.26. The van der Waals surface area contributed by atoms with Gasteiger partial charge in [-0.3, -0.25) is 0 Å². The van der Waals surface area contributed by atoms with Crippen LogP contribution in [0, 0.1) is 0 Å². The summed E-state index contributed by atoms with van der Waals surface area (Å²) in [6, 6.07) is 0. The van der Waals surface area contributed by atoms with E-state index < -0.39 is 0 Å². The van der Waals surface area contributed by atoms with Crippen molar-refractivity contribution in [1.82, 2.24) is 9.97 Å². The highest BCUT2D eigenvalue weighted by atomic mass is 79.9. The third-order valence-electron chi connectivity index (χ3n) is 1.60. The highest BCUT2D eigenvalue weighted by Gasteiger charge is 2.04. The Kier molecular flexibility index (Phi) is 2.28. The number of nitrogen functional groups attached to an aromatic ring is 1. The van der Waals surface area contributed by atoms with Gasteiger partial charge < -0.3 is 5.73 Å². The Balaban J connectivity index is 2.47. The molecule has 0 bridgehead atoms. The molecule has 0 unspecified atom stereocenters. The van der Waals surface area contributed by atoms with Crippen LogP contribution in [0.5, 0.6) is 0 Å². The average Bonchev–Trinajstić information content (AvgIpc) is 2.53. The van der Waals surface area contributed by atoms with E-state index >= 15 is 0 Å². The van der Waals surface area contributed by atoms with Gasteiger partial charge in [0.25, 0.3) is 0 Å². The average molecular weight is 256 g/mol. The van der Waals surface area contributed by atoms with Crippen molar-refractivity contribution in [2.75, 3.05) is 5.73 Å². The number of halogens is 1. The van der Waals surface area contributed by atoms with Crippen LogP contribution in [-0.4, -0.2) is 9.97 Å². The number of hydrogen-bond donors (Lipinski definition) is 1. The van der Waals surface area contributed by atoms with Crippen molar-refractivity contribution in [3.05, 3.63) is 27.6 Å². The maximum Gasteiger partial charge on any atom is 0.219 e. The summed E-state index contributed by atoms with van der Waals surface area (Å²) in [5.74, 6) is 0.301. The Morgan fingerprint density at radius 2 is 1.92 bits per heavy atom. The number of anilines is 1. The lowest BCUT2D eigenvalue weighted by Crippen LogP contribution is -1.93. The Bertz CT molecular complexity index is 410. The number of aromatic nitrogens is 2. The molecule has 0 saturated carbocycles. The number of hydrogen-bond acceptors (Lipinski definition) is 4. The lowest BCUT2D eigenvalue weighted by Gasteiger charge is -1.97. The van der Waals surface area contributed by atoms with Gasteiger partial charge in [0.15, 0.2) is 0 Å². The monoisotopic (exact) mass is 255 g/mol. The lowest BCUT2D eigenvalue weighted by molar-refractivity contribution is 1.19. The minimum absolute atomic E-state index is 0.301. The molecule has 0 spiro atoms. The zero-order valence-electron chi connectivity index (χ0n) is 6.57. The standard InChI is InChI=1S/C8H6BrN3S/c9-7-4-13-3-6(7)5-1-11-8(10)12-2-5/h1-4H,(H2,10,11,12). The van der Waals surface area contributed by atoms with Crippen molar-refractivity contribution in [2.24, 2.45) is 0 Å². The predicted molar refractivity (Wildman–Crippen MR) is 57.5 cm³/mol. The summed E-state index contributed by atoms with van der Waals surface area (Å²) in [6.07, 6.45) is 3.43. The molecule has 0 atom stereocenters. The van der Waals surface area contributed by atoms with Crippen molar-refractivity contribution in [3.8, 4) is 11.1 Å². The van der Waals surface area contributed by atoms with Crippen LogP contribution in [0.15, 0.2) is 27.6 Å². The Hall–Kier alpha value is -0.940. The van der Waals surface area contributed by atoms with E-state index in [1.165, 1.54) is 0 Å². The van der Waals surface area contributed by atoms with Crippen LogP contribution in [0.4, 0.5) is 5.95 Å². The van der Waals surface area contributed by atoms with Crippen molar-refractivity contribution < 1.29 is 0 Å². The number of thiophene rings is 1. The molecule has 2 aromatic rings. The van der Waals surface area contributed by atoms with Gasteiger partial charge in [0.1, 0.15) is 0 Å². The summed E-state index contributed by atoms with van der Waals surface area (Å²) in [6.45, 7) is 0. The molecule has 0 aliphatic heterocycles. The minimum Gasteiger partial charge on any atom is -0.368 e. The van der Waals surface area contributed by atoms with Gasteiger partial charge >= 0.3 is 0 Å². The Morgan fingerprint density at radius 1 is 1.23 bits per heavy atom. The molecule has 0 aromatic carbocycles. The van der Waals surface area contributed by atoms with E-state index in [4.69, 9.17) is 5.73 Å². The predicted octanol–water partition coefficient (Wildman–Crippen LogP) is 2.55. The molecule has 13 heavy (non-hydrogen) atoms. The molecule has 0 radical (unpaired) electrons. The van der Waals surface area contributed by atoms with E-state index in [9.17, 15) is 0 Å². The minimum atomic E-state index is 0.301. The maximum absolute atomic E-state index is 5.39. The molecule has 5 heteroatoms. The van der Waals surface area contributed by atoms with Gasteiger partial charge in [0.2, 0.25) is 5.95 Å². The van der Waals surface area contributed by atoms with E-state index in [-0.39, 0.29) is 0 Å². The highest BCUT2D eigenvalue weighted by molar-refractivity contribution is 9.10. The second-order valence-electron chi connectivity index (χ2n) is 2.46. The van der Waals surface area contributed by atoms with Gasteiger partial charge in [-0.05, 0) is 21.3 Å². The largest absolute Gasteiger partial charge is 0.368 e. The van der Waals surface area contributed by atoms with Crippen LogP contribution >= 0.6 is 27.3 Å². The van der Waals surface area contributed by atoms with Crippen LogP contribution in [0.1, 0.15) is 0 Å². The molecule has 2 rings (SSSR count). The summed E-state index contributed by atoms with van der Waals surface area (Å²) in [4.78, 5) is 7.85. The summed E-state index contributed by atoms with van der Waals surface area (Å²) in [5, 5.41) is 4.06. The molecule has 2 aromatic heterocycles. The molecule has 66 valence electrons. The summed E-state index contributed by atoms with van der Waals surface area (Å²) in [5.41, 5.74) is 7.46. The Labute approximate surface area is 87.8 Å². The van der Waals surface area contributed by atoms with E-state index in [1.54, 1.807) is 23.7 Å². The van der Waals surface area contributed by atoms with Crippen molar-refractivity contribution in [2.45, 2.75) is 0 Å². The van der Waals surface area contributed by atoms with Crippen LogP contribution in [-0.2, 0) is 0 Å². The SMILES string of the molecule is Nc1ncc(-c2cscc2Br)cn1. The number of nitrogens with zero attached hydrogens (tertiary/aromatic N) is 2. The molecule has 0 amide bonds. The summed E-state index contributed by atoms with van der Waals surface area (Å²) in [7, 11) is 0. The maximum atomic E-state index is 5.39. The fourth-order valence-electron chi connectivity index (χ4n) is 0.965. The first-order chi connectivity index (χ1) is 6.27. The van der Waals surface area contributed by atoms with Crippen LogP contribution in [0.2, 0.25) is 0 Å². The van der Waals surface area contributed by atoms with Gasteiger partial charge in [0, 0.05) is 33.4 Å². The highest BCUT2D eigenvalue weighted by Crippen LogP contribution is 2.30. The lowest BCUT2D eigenvalue weighted by atomic mass is 10.2. The smallest absolute Gasteiger partial charge is 0.219 e. The van der Waals surface area contributed by atoms with E-state index in [2.05, 4.69) is 25.9 Å². The first kappa shape index (κ1) is 8.65. The van der Waals surface area contributed by atoms with Crippen LogP contribution in [0.3, 0.4) is 0 Å². The number of rotatable bonds is 1. The molecule has 0 aliphatic carbocycles. The second-order valence-corrected chi connectivity index (χ2v) is 4.06. The van der Waals surface area contributed by atoms with Gasteiger partial charge in [-0.25, -0.2) is 9.97 Å². The molecule has 0 fully saturated rings. The van der Waals surface area contributed by atoms with Gasteiger partial charge in [-0.15, -0.1) is 0 Å². The zero-order valence-corrected chi connectivity index (χ0v) is 8.97. The summed E-state index contributed by atoms with van der Waals surface area (Å²) >= 11 is 5.08. The molecule has 0 aliphatic rings. The fraction of sp³-hybridized carbons (Fsp3) is 0. The van der Waals surface area contributed by atoms with Gasteiger partial charge in [0.05, 0.1) is 0 Å². The molecule has 3 nitrogen and oxygen atoms in total. The van der Waals surface area contributed by atoms with Crippen molar-refractivity contribution in [3.63, 3.8) is 0 Å². The Morgan fingerprint density at radius 3 is 2.46 bits per heavy atom. The molecular formula is C8H6BrN3S. The quantitative estimate of drug-likeness (QED) is 0.853. The van der Waals surface area contributed by atoms with Gasteiger partial charge in [-0.1, -0.05) is 0 Å². The van der Waals surface area contributed by atoms with E-state index in [1.807, 2.05) is 10.8 Å². The fourth-order valence-corrected chi connectivity index (χ4v) is 2.50. The molecule has 0 saturated heterocycles. The third kappa shape index (κ3) is 1.71. The third-order valence-corrected chi connectivity index (χ3v) is 3.30.